The third-order valence-electron chi connectivity index (χ3n) is 3.33. The fraction of sp³-hybridized carbons (Fsp3) is 0.467. The van der Waals surface area contributed by atoms with E-state index in [4.69, 9.17) is 0 Å². The van der Waals surface area contributed by atoms with Crippen LogP contribution in [0.2, 0.25) is 0 Å². The van der Waals surface area contributed by atoms with E-state index in [9.17, 15) is 4.79 Å². The van der Waals surface area contributed by atoms with Gasteiger partial charge in [0.15, 0.2) is 0 Å². The fourth-order valence-corrected chi connectivity index (χ4v) is 2.14. The third kappa shape index (κ3) is 3.57. The molecule has 0 aliphatic carbocycles. The summed E-state index contributed by atoms with van der Waals surface area (Å²) >= 11 is 0. The molecule has 2 aromatic rings. The summed E-state index contributed by atoms with van der Waals surface area (Å²) in [6, 6.07) is 5.67. The molecule has 108 valence electrons. The molecule has 5 heteroatoms. The van der Waals surface area contributed by atoms with Crippen molar-refractivity contribution in [2.45, 2.75) is 12.8 Å². The van der Waals surface area contributed by atoms with E-state index in [2.05, 4.69) is 29.4 Å². The highest BCUT2D eigenvalue weighted by molar-refractivity contribution is 5.97. The van der Waals surface area contributed by atoms with Gasteiger partial charge in [0.1, 0.15) is 0 Å². The minimum atomic E-state index is -0.0158. The monoisotopic (exact) mass is 274 g/mol. The number of nitrogens with zero attached hydrogens (tertiary/aromatic N) is 3. The summed E-state index contributed by atoms with van der Waals surface area (Å²) in [5, 5.41) is 8.19. The van der Waals surface area contributed by atoms with Crippen LogP contribution >= 0.6 is 0 Å². The van der Waals surface area contributed by atoms with Crippen molar-refractivity contribution < 1.29 is 4.79 Å². The number of carbonyl (C=O) groups is 1. The maximum atomic E-state index is 12.1. The second-order valence-electron chi connectivity index (χ2n) is 5.31. The predicted molar refractivity (Wildman–Crippen MR) is 80.8 cm³/mol. The van der Waals surface area contributed by atoms with Crippen molar-refractivity contribution in [1.82, 2.24) is 20.0 Å². The van der Waals surface area contributed by atoms with Crippen LogP contribution in [0.1, 0.15) is 23.2 Å². The second-order valence-corrected chi connectivity index (χ2v) is 5.31. The molecule has 1 N–H and O–H groups in total. The van der Waals surface area contributed by atoms with Gasteiger partial charge in [0.05, 0.1) is 11.7 Å². The molecule has 0 saturated carbocycles. The van der Waals surface area contributed by atoms with Gasteiger partial charge in [-0.1, -0.05) is 6.07 Å². The highest BCUT2D eigenvalue weighted by atomic mass is 16.1. The first-order valence-corrected chi connectivity index (χ1v) is 6.92. The summed E-state index contributed by atoms with van der Waals surface area (Å²) in [5.74, 6) is -0.0158. The van der Waals surface area contributed by atoms with Crippen LogP contribution in [0, 0.1) is 0 Å². The minimum Gasteiger partial charge on any atom is -0.352 e. The Bertz CT molecular complexity index is 589. The lowest BCUT2D eigenvalue weighted by Gasteiger charge is -2.09. The molecule has 0 spiro atoms. The van der Waals surface area contributed by atoms with Gasteiger partial charge < -0.3 is 10.2 Å². The molecule has 2 rings (SSSR count). The van der Waals surface area contributed by atoms with Crippen LogP contribution in [0.25, 0.3) is 10.9 Å². The predicted octanol–water partition coefficient (Wildman–Crippen LogP) is 1.64. The van der Waals surface area contributed by atoms with E-state index in [1.54, 1.807) is 10.9 Å². The van der Waals surface area contributed by atoms with Gasteiger partial charge in [-0.15, -0.1) is 0 Å². The molecule has 5 nitrogen and oxygen atoms in total. The smallest absolute Gasteiger partial charge is 0.251 e. The largest absolute Gasteiger partial charge is 0.352 e. The zero-order valence-electron chi connectivity index (χ0n) is 12.4. The first-order valence-electron chi connectivity index (χ1n) is 6.92. The third-order valence-corrected chi connectivity index (χ3v) is 3.33. The normalized spacial score (nSPS) is 11.2. The standard InChI is InChI=1S/C15H22N4O/c1-18(2)9-5-4-8-16-15(20)12-6-7-13-11-17-19(3)14(13)10-12/h6-7,10-11H,4-5,8-9H2,1-3H3,(H,16,20). The first-order chi connectivity index (χ1) is 9.58. The molecule has 1 heterocycles. The number of rotatable bonds is 6. The summed E-state index contributed by atoms with van der Waals surface area (Å²) in [4.78, 5) is 14.2. The number of hydrogen-bond donors (Lipinski definition) is 1. The van der Waals surface area contributed by atoms with Crippen LogP contribution in [-0.4, -0.2) is 47.8 Å². The Morgan fingerprint density at radius 3 is 2.90 bits per heavy atom. The van der Waals surface area contributed by atoms with Crippen molar-refractivity contribution in [3.8, 4) is 0 Å². The minimum absolute atomic E-state index is 0.0158. The van der Waals surface area contributed by atoms with Gasteiger partial charge >= 0.3 is 0 Å². The van der Waals surface area contributed by atoms with E-state index in [0.717, 1.165) is 36.8 Å². The average Bonchev–Trinajstić information content (AvgIpc) is 2.79. The summed E-state index contributed by atoms with van der Waals surface area (Å²) in [6.45, 7) is 1.77. The second kappa shape index (κ2) is 6.52. The zero-order valence-corrected chi connectivity index (χ0v) is 12.4. The average molecular weight is 274 g/mol. The lowest BCUT2D eigenvalue weighted by Crippen LogP contribution is -2.25. The van der Waals surface area contributed by atoms with E-state index in [1.165, 1.54) is 0 Å². The Morgan fingerprint density at radius 2 is 2.15 bits per heavy atom. The number of carbonyl (C=O) groups excluding carboxylic acids is 1. The van der Waals surface area contributed by atoms with Gasteiger partial charge in [-0.3, -0.25) is 9.48 Å². The van der Waals surface area contributed by atoms with E-state index in [1.807, 2.05) is 25.2 Å². The quantitative estimate of drug-likeness (QED) is 0.815. The number of benzene rings is 1. The molecule has 1 aromatic carbocycles. The lowest BCUT2D eigenvalue weighted by atomic mass is 10.1. The summed E-state index contributed by atoms with van der Waals surface area (Å²) in [7, 11) is 5.99. The molecule has 0 saturated heterocycles. The Labute approximate surface area is 119 Å². The molecule has 0 atom stereocenters. The van der Waals surface area contributed by atoms with Gasteiger partial charge in [-0.2, -0.15) is 5.10 Å². The van der Waals surface area contributed by atoms with Crippen molar-refractivity contribution in [3.63, 3.8) is 0 Å². The number of fused-ring (bicyclic) bond motifs is 1. The van der Waals surface area contributed by atoms with Crippen molar-refractivity contribution in [1.29, 1.82) is 0 Å². The summed E-state index contributed by atoms with van der Waals surface area (Å²) in [5.41, 5.74) is 1.67. The Morgan fingerprint density at radius 1 is 1.35 bits per heavy atom. The molecule has 0 aliphatic heterocycles. The zero-order chi connectivity index (χ0) is 14.5. The molecule has 20 heavy (non-hydrogen) atoms. The number of nitrogens with one attached hydrogen (secondary N) is 1. The van der Waals surface area contributed by atoms with Gasteiger partial charge in [-0.05, 0) is 45.6 Å². The number of aryl methyl sites for hydroxylation is 1. The molecule has 1 aromatic heterocycles. The van der Waals surface area contributed by atoms with E-state index in [-0.39, 0.29) is 5.91 Å². The van der Waals surface area contributed by atoms with E-state index < -0.39 is 0 Å². The summed E-state index contributed by atoms with van der Waals surface area (Å²) < 4.78 is 1.78. The molecule has 0 fully saturated rings. The molecule has 1 amide bonds. The maximum absolute atomic E-state index is 12.1. The van der Waals surface area contributed by atoms with Crippen molar-refractivity contribution >= 4 is 16.8 Å². The summed E-state index contributed by atoms with van der Waals surface area (Å²) in [6.07, 6.45) is 3.89. The van der Waals surface area contributed by atoms with E-state index >= 15 is 0 Å². The van der Waals surface area contributed by atoms with Crippen LogP contribution in [0.3, 0.4) is 0 Å². The van der Waals surface area contributed by atoms with Crippen LogP contribution in [0.4, 0.5) is 0 Å². The molecule has 0 radical (unpaired) electrons. The number of amides is 1. The highest BCUT2D eigenvalue weighted by Gasteiger charge is 2.07. The first kappa shape index (κ1) is 14.5. The Hall–Kier alpha value is -1.88. The van der Waals surface area contributed by atoms with Crippen LogP contribution in [0.5, 0.6) is 0 Å². The molecular weight excluding hydrogens is 252 g/mol. The molecule has 0 bridgehead atoms. The lowest BCUT2D eigenvalue weighted by molar-refractivity contribution is 0.0953. The number of unbranched alkanes of at least 4 members (excludes halogenated alkanes) is 1. The molecule has 0 aliphatic rings. The van der Waals surface area contributed by atoms with Crippen molar-refractivity contribution in [2.24, 2.45) is 7.05 Å². The molecule has 0 unspecified atom stereocenters. The molecular formula is C15H22N4O. The fourth-order valence-electron chi connectivity index (χ4n) is 2.14. The maximum Gasteiger partial charge on any atom is 0.251 e. The van der Waals surface area contributed by atoms with Gasteiger partial charge in [0.2, 0.25) is 0 Å². The SMILES string of the molecule is CN(C)CCCCNC(=O)c1ccc2cnn(C)c2c1. The number of aromatic nitrogens is 2. The van der Waals surface area contributed by atoms with Crippen LogP contribution in [0.15, 0.2) is 24.4 Å². The Kier molecular flexibility index (Phi) is 4.74. The topological polar surface area (TPSA) is 50.2 Å². The van der Waals surface area contributed by atoms with Crippen LogP contribution in [-0.2, 0) is 7.05 Å². The Balaban J connectivity index is 1.89. The van der Waals surface area contributed by atoms with Crippen LogP contribution < -0.4 is 5.32 Å². The van der Waals surface area contributed by atoms with Gasteiger partial charge in [0.25, 0.3) is 5.91 Å². The van der Waals surface area contributed by atoms with Gasteiger partial charge in [0, 0.05) is 24.5 Å². The van der Waals surface area contributed by atoms with Crippen molar-refractivity contribution in [3.05, 3.63) is 30.0 Å². The van der Waals surface area contributed by atoms with Crippen molar-refractivity contribution in [2.75, 3.05) is 27.2 Å². The highest BCUT2D eigenvalue weighted by Crippen LogP contribution is 2.14. The van der Waals surface area contributed by atoms with E-state index in [0.29, 0.717) is 5.56 Å². The number of hydrogen-bond acceptors (Lipinski definition) is 3. The van der Waals surface area contributed by atoms with Gasteiger partial charge in [-0.25, -0.2) is 0 Å².